The minimum atomic E-state index is 0. The second-order valence-corrected chi connectivity index (χ2v) is 9.26. The van der Waals surface area contributed by atoms with Crippen LogP contribution in [0.4, 0.5) is 0 Å². The number of hydrogen-bond acceptors (Lipinski definition) is 0. The first-order chi connectivity index (χ1) is 16.9. The summed E-state index contributed by atoms with van der Waals surface area (Å²) in [5, 5.41) is 8.00. The van der Waals surface area contributed by atoms with Crippen LogP contribution in [0.3, 0.4) is 0 Å². The second kappa shape index (κ2) is 11.9. The van der Waals surface area contributed by atoms with Crippen molar-refractivity contribution in [3.8, 4) is 0 Å². The standard InChI is InChI=1S/C32H30N2.2BrH/c1(7-21-33-23-9-15-29-27-13-5-3-11-25(27)17-19-31(29)33)2-8-22-34-24-10-16-30-28-14-6-4-12-26(28)18-20-32(30)34;;/h3-6,9-20,23-24H,1-2,7-8,21-22H2;2*1H/q+2;;/p-2. The van der Waals surface area contributed by atoms with Crippen molar-refractivity contribution in [1.29, 1.82) is 0 Å². The zero-order valence-corrected chi connectivity index (χ0v) is 23.5. The molecule has 6 aromatic rings. The van der Waals surface area contributed by atoms with Crippen molar-refractivity contribution in [2.24, 2.45) is 0 Å². The summed E-state index contributed by atoms with van der Waals surface area (Å²) in [6, 6.07) is 35.3. The molecule has 2 nitrogen and oxygen atoms in total. The molecule has 4 heteroatoms. The van der Waals surface area contributed by atoms with Crippen molar-refractivity contribution in [3.05, 3.63) is 109 Å². The van der Waals surface area contributed by atoms with Gasteiger partial charge in [0.1, 0.15) is 13.1 Å². The predicted molar refractivity (Wildman–Crippen MR) is 142 cm³/mol. The van der Waals surface area contributed by atoms with Crippen molar-refractivity contribution in [3.63, 3.8) is 0 Å². The second-order valence-electron chi connectivity index (χ2n) is 9.26. The van der Waals surface area contributed by atoms with Crippen LogP contribution in [0.1, 0.15) is 25.7 Å². The molecule has 0 aliphatic rings. The predicted octanol–water partition coefficient (Wildman–Crippen LogP) is 1.14. The van der Waals surface area contributed by atoms with Gasteiger partial charge in [-0.2, -0.15) is 9.13 Å². The van der Waals surface area contributed by atoms with Crippen LogP contribution in [0.25, 0.3) is 43.4 Å². The zero-order valence-electron chi connectivity index (χ0n) is 20.3. The SMILES string of the molecule is [Br-].[Br-].c1ccc2c(c1)ccc1c2ccc[n+]1CCCCCC[n+]1cccc2c3ccccc3ccc21. The van der Waals surface area contributed by atoms with Crippen LogP contribution < -0.4 is 43.1 Å². The van der Waals surface area contributed by atoms with Gasteiger partial charge in [0.25, 0.3) is 0 Å². The number of aryl methyl sites for hydroxylation is 2. The molecule has 0 spiro atoms. The van der Waals surface area contributed by atoms with E-state index >= 15 is 0 Å². The molecule has 0 aliphatic carbocycles. The third kappa shape index (κ3) is 5.16. The molecule has 0 saturated heterocycles. The summed E-state index contributed by atoms with van der Waals surface area (Å²) in [5.41, 5.74) is 2.67. The Labute approximate surface area is 233 Å². The summed E-state index contributed by atoms with van der Waals surface area (Å²) in [6.45, 7) is 2.15. The summed E-state index contributed by atoms with van der Waals surface area (Å²) >= 11 is 0. The first-order valence-corrected chi connectivity index (χ1v) is 12.5. The molecule has 0 atom stereocenters. The molecule has 0 fully saturated rings. The maximum absolute atomic E-state index is 2.42. The molecule has 0 unspecified atom stereocenters. The number of unbranched alkanes of at least 4 members (excludes halogenated alkanes) is 3. The van der Waals surface area contributed by atoms with Crippen LogP contribution >= 0.6 is 0 Å². The van der Waals surface area contributed by atoms with Crippen LogP contribution in [0.15, 0.2) is 109 Å². The average molecular weight is 602 g/mol. The van der Waals surface area contributed by atoms with E-state index in [1.807, 2.05) is 0 Å². The maximum Gasteiger partial charge on any atom is 0.213 e. The van der Waals surface area contributed by atoms with Crippen LogP contribution in [0.5, 0.6) is 0 Å². The molecule has 6 rings (SSSR count). The molecular formula is C32H30Br2N2. The summed E-state index contributed by atoms with van der Waals surface area (Å²) in [6.07, 6.45) is 9.39. The fraction of sp³-hybridized carbons (Fsp3) is 0.188. The molecule has 0 radical (unpaired) electrons. The Morgan fingerprint density at radius 1 is 0.389 bits per heavy atom. The highest BCUT2D eigenvalue weighted by Crippen LogP contribution is 2.24. The van der Waals surface area contributed by atoms with Crippen molar-refractivity contribution < 1.29 is 43.1 Å². The van der Waals surface area contributed by atoms with Gasteiger partial charge in [0, 0.05) is 37.1 Å². The van der Waals surface area contributed by atoms with Crippen molar-refractivity contribution in [2.45, 2.75) is 38.8 Å². The molecule has 36 heavy (non-hydrogen) atoms. The smallest absolute Gasteiger partial charge is 0.213 e. The Morgan fingerprint density at radius 3 is 1.28 bits per heavy atom. The summed E-state index contributed by atoms with van der Waals surface area (Å²) in [7, 11) is 0. The number of halogens is 2. The van der Waals surface area contributed by atoms with Gasteiger partial charge in [-0.3, -0.25) is 0 Å². The number of benzene rings is 4. The van der Waals surface area contributed by atoms with E-state index in [2.05, 4.69) is 119 Å². The quantitative estimate of drug-likeness (QED) is 0.147. The fourth-order valence-electron chi connectivity index (χ4n) is 5.37. The Kier molecular flexibility index (Phi) is 8.71. The van der Waals surface area contributed by atoms with E-state index in [1.54, 1.807) is 0 Å². The number of pyridine rings is 2. The van der Waals surface area contributed by atoms with Gasteiger partial charge in [-0.15, -0.1) is 0 Å². The third-order valence-corrected chi connectivity index (χ3v) is 7.12. The Morgan fingerprint density at radius 2 is 0.806 bits per heavy atom. The molecule has 4 aromatic carbocycles. The zero-order chi connectivity index (χ0) is 22.7. The molecule has 0 saturated carbocycles. The fourth-order valence-corrected chi connectivity index (χ4v) is 5.37. The van der Waals surface area contributed by atoms with Gasteiger partial charge in [-0.1, -0.05) is 48.5 Å². The minimum absolute atomic E-state index is 0. The average Bonchev–Trinajstić information content (AvgIpc) is 2.90. The van der Waals surface area contributed by atoms with E-state index in [0.29, 0.717) is 0 Å². The number of aromatic nitrogens is 2. The van der Waals surface area contributed by atoms with E-state index in [4.69, 9.17) is 0 Å². The molecule has 0 aliphatic heterocycles. The van der Waals surface area contributed by atoms with Crippen molar-refractivity contribution >= 4 is 43.4 Å². The summed E-state index contributed by atoms with van der Waals surface area (Å²) < 4.78 is 4.85. The van der Waals surface area contributed by atoms with Gasteiger partial charge in [0.15, 0.2) is 12.4 Å². The number of rotatable bonds is 7. The Hall–Kier alpha value is -2.82. The lowest BCUT2D eigenvalue weighted by Gasteiger charge is -2.06. The van der Waals surface area contributed by atoms with E-state index < -0.39 is 0 Å². The molecule has 0 bridgehead atoms. The summed E-state index contributed by atoms with van der Waals surface area (Å²) in [4.78, 5) is 0. The normalized spacial score (nSPS) is 11.0. The Balaban J connectivity index is 0.00000152. The van der Waals surface area contributed by atoms with Gasteiger partial charge in [0.05, 0.1) is 10.8 Å². The van der Waals surface area contributed by atoms with Crippen LogP contribution in [-0.4, -0.2) is 0 Å². The minimum Gasteiger partial charge on any atom is -1.00 e. The van der Waals surface area contributed by atoms with Gasteiger partial charge in [-0.05, 0) is 58.7 Å². The van der Waals surface area contributed by atoms with E-state index in [-0.39, 0.29) is 34.0 Å². The van der Waals surface area contributed by atoms with Crippen LogP contribution in [-0.2, 0) is 13.1 Å². The van der Waals surface area contributed by atoms with Gasteiger partial charge < -0.3 is 34.0 Å². The number of hydrogen-bond donors (Lipinski definition) is 0. The van der Waals surface area contributed by atoms with E-state index in [0.717, 1.165) is 13.1 Å². The maximum atomic E-state index is 2.42. The first kappa shape index (κ1) is 26.2. The highest BCUT2D eigenvalue weighted by Gasteiger charge is 2.12. The molecule has 2 aromatic heterocycles. The highest BCUT2D eigenvalue weighted by molar-refractivity contribution is 6.05. The third-order valence-electron chi connectivity index (χ3n) is 7.12. The van der Waals surface area contributed by atoms with E-state index in [9.17, 15) is 0 Å². The lowest BCUT2D eigenvalue weighted by atomic mass is 10.0. The molecule has 2 heterocycles. The van der Waals surface area contributed by atoms with Crippen LogP contribution in [0.2, 0.25) is 0 Å². The lowest BCUT2D eigenvalue weighted by Crippen LogP contribution is -3.00. The number of fused-ring (bicyclic) bond motifs is 6. The first-order valence-electron chi connectivity index (χ1n) is 12.5. The molecule has 0 N–H and O–H groups in total. The summed E-state index contributed by atoms with van der Waals surface area (Å²) in [5.74, 6) is 0. The number of nitrogens with zero attached hydrogens (tertiary/aromatic N) is 2. The monoisotopic (exact) mass is 600 g/mol. The van der Waals surface area contributed by atoms with Gasteiger partial charge in [-0.25, -0.2) is 0 Å². The van der Waals surface area contributed by atoms with Gasteiger partial charge in [0.2, 0.25) is 11.0 Å². The van der Waals surface area contributed by atoms with E-state index in [1.165, 1.54) is 69.0 Å². The molecule has 0 amide bonds. The molecular weight excluding hydrogens is 572 g/mol. The Bertz CT molecular complexity index is 1500. The largest absolute Gasteiger partial charge is 1.00 e. The lowest BCUT2D eigenvalue weighted by molar-refractivity contribution is -0.673. The van der Waals surface area contributed by atoms with Crippen LogP contribution in [0, 0.1) is 0 Å². The van der Waals surface area contributed by atoms with Crippen molar-refractivity contribution in [2.75, 3.05) is 0 Å². The highest BCUT2D eigenvalue weighted by atomic mass is 79.9. The topological polar surface area (TPSA) is 7.76 Å². The van der Waals surface area contributed by atoms with Crippen molar-refractivity contribution in [1.82, 2.24) is 0 Å². The molecule has 182 valence electrons. The van der Waals surface area contributed by atoms with Gasteiger partial charge >= 0.3 is 0 Å².